The molecule has 0 amide bonds. The van der Waals surface area contributed by atoms with E-state index in [2.05, 4.69) is 4.99 Å². The van der Waals surface area contributed by atoms with Gasteiger partial charge in [-0.25, -0.2) is 0 Å². The van der Waals surface area contributed by atoms with Crippen LogP contribution in [-0.4, -0.2) is 18.1 Å². The number of nitrogens with one attached hydrogen (secondary N) is 1. The van der Waals surface area contributed by atoms with Crippen molar-refractivity contribution in [1.29, 1.82) is 10.7 Å². The molecule has 12 heavy (non-hydrogen) atoms. The summed E-state index contributed by atoms with van der Waals surface area (Å²) in [6.45, 7) is 0. The van der Waals surface area contributed by atoms with Crippen LogP contribution in [0.3, 0.4) is 0 Å². The molecule has 4 nitrogen and oxygen atoms in total. The lowest BCUT2D eigenvalue weighted by molar-refractivity contribution is 0.419. The Balaban J connectivity index is 2.54. The van der Waals surface area contributed by atoms with Crippen molar-refractivity contribution in [2.24, 2.45) is 16.6 Å². The first kappa shape index (κ1) is 8.72. The topological polar surface area (TPSA) is 86.0 Å². The Kier molecular flexibility index (Phi) is 2.81. The number of hydrogen-bond donors (Lipinski definition) is 2. The fourth-order valence-corrected chi connectivity index (χ4v) is 0.996. The summed E-state index contributed by atoms with van der Waals surface area (Å²) in [5.41, 5.74) is 5.53. The molecule has 1 fully saturated rings. The summed E-state index contributed by atoms with van der Waals surface area (Å²) in [5.74, 6) is -0.345. The quantitative estimate of drug-likeness (QED) is 0.475. The van der Waals surface area contributed by atoms with Crippen molar-refractivity contribution in [2.75, 3.05) is 0 Å². The van der Waals surface area contributed by atoms with Crippen molar-refractivity contribution in [3.8, 4) is 6.07 Å². The lowest BCUT2D eigenvalue weighted by Crippen LogP contribution is -2.28. The van der Waals surface area contributed by atoms with E-state index in [0.29, 0.717) is 6.04 Å². The van der Waals surface area contributed by atoms with E-state index in [9.17, 15) is 0 Å². The first-order chi connectivity index (χ1) is 5.77. The van der Waals surface area contributed by atoms with Crippen LogP contribution in [0.1, 0.15) is 19.3 Å². The zero-order valence-electron chi connectivity index (χ0n) is 6.83. The molecule has 0 aromatic carbocycles. The Bertz CT molecular complexity index is 234. The molecule has 0 radical (unpaired) electrons. The maximum Gasteiger partial charge on any atom is 0.137 e. The van der Waals surface area contributed by atoms with E-state index in [4.69, 9.17) is 16.4 Å². The predicted molar refractivity (Wildman–Crippen MR) is 47.1 cm³/mol. The molecule has 1 aliphatic rings. The maximum absolute atomic E-state index is 8.54. The summed E-state index contributed by atoms with van der Waals surface area (Å²) in [5, 5.41) is 15.4. The van der Waals surface area contributed by atoms with Crippen LogP contribution in [0.5, 0.6) is 0 Å². The average Bonchev–Trinajstić information content (AvgIpc) is 1.99. The zero-order valence-corrected chi connectivity index (χ0v) is 6.83. The molecule has 0 saturated heterocycles. The summed E-state index contributed by atoms with van der Waals surface area (Å²) >= 11 is 0. The Labute approximate surface area is 71.6 Å². The van der Waals surface area contributed by atoms with E-state index in [-0.39, 0.29) is 5.84 Å². The third-order valence-electron chi connectivity index (χ3n) is 2.03. The molecule has 64 valence electrons. The molecule has 0 aliphatic heterocycles. The standard InChI is InChI=1S/C8H12N4/c9-4-6(5-10)8(11)12-7-2-1-3-7/h4,6-7,9H,1-3H2,(H2,11,12). The van der Waals surface area contributed by atoms with Crippen LogP contribution in [0.25, 0.3) is 0 Å². The summed E-state index contributed by atoms with van der Waals surface area (Å²) in [4.78, 5) is 4.14. The van der Waals surface area contributed by atoms with Gasteiger partial charge in [0.15, 0.2) is 0 Å². The number of nitrogens with zero attached hydrogens (tertiary/aromatic N) is 2. The lowest BCUT2D eigenvalue weighted by Gasteiger charge is -2.21. The Morgan fingerprint density at radius 1 is 1.75 bits per heavy atom. The van der Waals surface area contributed by atoms with Crippen molar-refractivity contribution in [3.63, 3.8) is 0 Å². The molecule has 1 atom stereocenters. The molecule has 1 saturated carbocycles. The van der Waals surface area contributed by atoms with Gasteiger partial charge in [0.1, 0.15) is 11.8 Å². The predicted octanol–water partition coefficient (Wildman–Crippen LogP) is 0.685. The highest BCUT2D eigenvalue weighted by Gasteiger charge is 2.18. The van der Waals surface area contributed by atoms with Gasteiger partial charge in [0, 0.05) is 6.21 Å². The minimum Gasteiger partial charge on any atom is -0.386 e. The largest absolute Gasteiger partial charge is 0.386 e. The van der Waals surface area contributed by atoms with Gasteiger partial charge in [-0.15, -0.1) is 0 Å². The highest BCUT2D eigenvalue weighted by Crippen LogP contribution is 2.22. The SMILES string of the molecule is N#CC(C=N)C(N)=NC1CCC1. The van der Waals surface area contributed by atoms with E-state index in [1.54, 1.807) is 0 Å². The van der Waals surface area contributed by atoms with Crippen molar-refractivity contribution in [2.45, 2.75) is 25.3 Å². The minimum atomic E-state index is -0.634. The summed E-state index contributed by atoms with van der Waals surface area (Å²) in [7, 11) is 0. The normalized spacial score (nSPS) is 20.8. The fourth-order valence-electron chi connectivity index (χ4n) is 0.996. The second-order valence-electron chi connectivity index (χ2n) is 2.91. The first-order valence-electron chi connectivity index (χ1n) is 4.01. The van der Waals surface area contributed by atoms with E-state index < -0.39 is 5.92 Å². The molecule has 0 spiro atoms. The van der Waals surface area contributed by atoms with Crippen molar-refractivity contribution in [3.05, 3.63) is 0 Å². The molecule has 1 unspecified atom stereocenters. The lowest BCUT2D eigenvalue weighted by atomic mass is 9.93. The number of nitriles is 1. The fraction of sp³-hybridized carbons (Fsp3) is 0.625. The molecule has 3 N–H and O–H groups in total. The van der Waals surface area contributed by atoms with Crippen molar-refractivity contribution >= 4 is 12.1 Å². The van der Waals surface area contributed by atoms with Crippen LogP contribution in [0.15, 0.2) is 4.99 Å². The van der Waals surface area contributed by atoms with Crippen LogP contribution >= 0.6 is 0 Å². The van der Waals surface area contributed by atoms with Gasteiger partial charge in [-0.1, -0.05) is 0 Å². The molecule has 1 aliphatic carbocycles. The molecule has 4 heteroatoms. The average molecular weight is 164 g/mol. The van der Waals surface area contributed by atoms with Crippen molar-refractivity contribution in [1.82, 2.24) is 0 Å². The number of amidine groups is 1. The maximum atomic E-state index is 8.54. The zero-order chi connectivity index (χ0) is 8.97. The third-order valence-corrected chi connectivity index (χ3v) is 2.03. The van der Waals surface area contributed by atoms with E-state index in [0.717, 1.165) is 19.1 Å². The van der Waals surface area contributed by atoms with Gasteiger partial charge in [0.2, 0.25) is 0 Å². The second-order valence-corrected chi connectivity index (χ2v) is 2.91. The van der Waals surface area contributed by atoms with Gasteiger partial charge in [-0.05, 0) is 19.3 Å². The highest BCUT2D eigenvalue weighted by molar-refractivity contribution is 5.98. The van der Waals surface area contributed by atoms with E-state index >= 15 is 0 Å². The molecule has 1 rings (SSSR count). The number of hydrogen-bond acceptors (Lipinski definition) is 3. The van der Waals surface area contributed by atoms with E-state index in [1.807, 2.05) is 6.07 Å². The smallest absolute Gasteiger partial charge is 0.137 e. The molecule has 0 heterocycles. The Morgan fingerprint density at radius 2 is 2.42 bits per heavy atom. The minimum absolute atomic E-state index is 0.289. The number of aliphatic imine (C=N–C) groups is 1. The molecular weight excluding hydrogens is 152 g/mol. The van der Waals surface area contributed by atoms with E-state index in [1.165, 1.54) is 6.42 Å². The van der Waals surface area contributed by atoms with Crippen LogP contribution in [0.4, 0.5) is 0 Å². The van der Waals surface area contributed by atoms with Gasteiger partial charge in [-0.3, -0.25) is 4.99 Å². The van der Waals surface area contributed by atoms with Gasteiger partial charge in [0.25, 0.3) is 0 Å². The van der Waals surface area contributed by atoms with Crippen LogP contribution < -0.4 is 5.73 Å². The van der Waals surface area contributed by atoms with Crippen LogP contribution in [-0.2, 0) is 0 Å². The molecule has 0 aromatic heterocycles. The van der Waals surface area contributed by atoms with Gasteiger partial charge >= 0.3 is 0 Å². The van der Waals surface area contributed by atoms with Crippen LogP contribution in [0.2, 0.25) is 0 Å². The number of rotatable bonds is 3. The molecular formula is C8H12N4. The number of nitrogens with two attached hydrogens (primary N) is 1. The summed E-state index contributed by atoms with van der Waals surface area (Å²) in [6.07, 6.45) is 4.36. The third kappa shape index (κ3) is 1.82. The van der Waals surface area contributed by atoms with Crippen LogP contribution in [0, 0.1) is 22.7 Å². The first-order valence-corrected chi connectivity index (χ1v) is 4.01. The second kappa shape index (κ2) is 3.86. The molecule has 0 bridgehead atoms. The monoisotopic (exact) mass is 164 g/mol. The van der Waals surface area contributed by atoms with Gasteiger partial charge in [0.05, 0.1) is 12.1 Å². The van der Waals surface area contributed by atoms with Crippen molar-refractivity contribution < 1.29 is 0 Å². The summed E-state index contributed by atoms with van der Waals surface area (Å²) < 4.78 is 0. The Hall–Kier alpha value is -1.37. The Morgan fingerprint density at radius 3 is 2.75 bits per heavy atom. The highest BCUT2D eigenvalue weighted by atomic mass is 14.9. The van der Waals surface area contributed by atoms with Gasteiger partial charge in [-0.2, -0.15) is 5.26 Å². The molecule has 0 aromatic rings. The van der Waals surface area contributed by atoms with Gasteiger partial charge < -0.3 is 11.1 Å². The summed E-state index contributed by atoms with van der Waals surface area (Å²) in [6, 6.07) is 2.21.